The van der Waals surface area contributed by atoms with Crippen molar-refractivity contribution in [3.8, 4) is 0 Å². The standard InChI is InChI=1S/C14H29N3O2S2/c1-7-9-16(13(15)19-10-8-2)14(18)17(20-11(3)4)21-12(5)6/h11-12,15H,7-10H2,1-6H3. The number of ether oxygens (including phenoxy) is 1. The smallest absolute Gasteiger partial charge is 0.348 e. The molecule has 0 atom stereocenters. The van der Waals surface area contributed by atoms with Crippen LogP contribution in [-0.2, 0) is 4.74 Å². The molecule has 2 amide bonds. The van der Waals surface area contributed by atoms with Gasteiger partial charge in [-0.25, -0.2) is 13.4 Å². The van der Waals surface area contributed by atoms with Crippen molar-refractivity contribution in [3.63, 3.8) is 0 Å². The van der Waals surface area contributed by atoms with Gasteiger partial charge in [-0.1, -0.05) is 41.5 Å². The van der Waals surface area contributed by atoms with Crippen molar-refractivity contribution < 1.29 is 9.53 Å². The van der Waals surface area contributed by atoms with Crippen molar-refractivity contribution in [2.24, 2.45) is 0 Å². The molecule has 0 radical (unpaired) electrons. The Kier molecular flexibility index (Phi) is 10.8. The quantitative estimate of drug-likeness (QED) is 0.400. The first-order valence-corrected chi connectivity index (χ1v) is 9.17. The Morgan fingerprint density at radius 2 is 1.62 bits per heavy atom. The fourth-order valence-electron chi connectivity index (χ4n) is 1.38. The number of amides is 2. The third kappa shape index (κ3) is 8.46. The van der Waals surface area contributed by atoms with Crippen LogP contribution in [0.1, 0.15) is 54.4 Å². The van der Waals surface area contributed by atoms with Crippen LogP contribution < -0.4 is 0 Å². The van der Waals surface area contributed by atoms with Gasteiger partial charge in [-0.05, 0) is 36.7 Å². The van der Waals surface area contributed by atoms with Gasteiger partial charge in [-0.2, -0.15) is 0 Å². The lowest BCUT2D eigenvalue weighted by Gasteiger charge is -2.30. The van der Waals surface area contributed by atoms with Crippen molar-refractivity contribution in [2.45, 2.75) is 64.9 Å². The largest absolute Gasteiger partial charge is 0.465 e. The molecular weight excluding hydrogens is 306 g/mol. The van der Waals surface area contributed by atoms with Crippen molar-refractivity contribution in [3.05, 3.63) is 0 Å². The SMILES string of the molecule is CCCOC(=N)N(CCC)C(=O)N(SC(C)C)SC(C)C. The van der Waals surface area contributed by atoms with Gasteiger partial charge in [0.05, 0.1) is 6.61 Å². The third-order valence-electron chi connectivity index (χ3n) is 2.14. The Hall–Kier alpha value is -0.560. The molecule has 0 rings (SSSR count). The van der Waals surface area contributed by atoms with Crippen molar-refractivity contribution in [2.75, 3.05) is 13.2 Å². The monoisotopic (exact) mass is 335 g/mol. The predicted octanol–water partition coefficient (Wildman–Crippen LogP) is 4.59. The van der Waals surface area contributed by atoms with Gasteiger partial charge < -0.3 is 4.74 Å². The summed E-state index contributed by atoms with van der Waals surface area (Å²) >= 11 is 2.97. The Morgan fingerprint density at radius 3 is 2.00 bits per heavy atom. The van der Waals surface area contributed by atoms with Gasteiger partial charge in [0.2, 0.25) is 0 Å². The summed E-state index contributed by atoms with van der Waals surface area (Å²) in [5.41, 5.74) is 0. The average Bonchev–Trinajstić information content (AvgIpc) is 2.39. The highest BCUT2D eigenvalue weighted by atomic mass is 32.2. The molecule has 0 unspecified atom stereocenters. The second-order valence-corrected chi connectivity index (χ2v) is 8.42. The lowest BCUT2D eigenvalue weighted by molar-refractivity contribution is 0.193. The lowest BCUT2D eigenvalue weighted by atomic mass is 10.4. The van der Waals surface area contributed by atoms with E-state index < -0.39 is 0 Å². The van der Waals surface area contributed by atoms with E-state index in [-0.39, 0.29) is 12.1 Å². The molecule has 124 valence electrons. The molecule has 0 saturated heterocycles. The molecule has 0 aromatic rings. The average molecular weight is 336 g/mol. The van der Waals surface area contributed by atoms with Crippen LogP contribution in [0.15, 0.2) is 0 Å². The van der Waals surface area contributed by atoms with E-state index in [4.69, 9.17) is 10.1 Å². The molecule has 0 aliphatic heterocycles. The summed E-state index contributed by atoms with van der Waals surface area (Å²) in [5, 5.41) is 8.58. The highest BCUT2D eigenvalue weighted by Crippen LogP contribution is 2.30. The number of nitrogens with zero attached hydrogens (tertiary/aromatic N) is 2. The van der Waals surface area contributed by atoms with Crippen LogP contribution in [-0.4, -0.2) is 44.3 Å². The molecule has 5 nitrogen and oxygen atoms in total. The lowest BCUT2D eigenvalue weighted by Crippen LogP contribution is -2.43. The molecule has 0 saturated carbocycles. The fraction of sp³-hybridized carbons (Fsp3) is 0.857. The normalized spacial score (nSPS) is 10.9. The van der Waals surface area contributed by atoms with Crippen LogP contribution in [0.25, 0.3) is 0 Å². The maximum Gasteiger partial charge on any atom is 0.348 e. The predicted molar refractivity (Wildman–Crippen MR) is 93.7 cm³/mol. The summed E-state index contributed by atoms with van der Waals surface area (Å²) < 4.78 is 7.01. The second kappa shape index (κ2) is 11.1. The summed E-state index contributed by atoms with van der Waals surface area (Å²) in [7, 11) is 0. The number of carbonyl (C=O) groups is 1. The maximum absolute atomic E-state index is 12.7. The molecule has 0 fully saturated rings. The molecular formula is C14H29N3O2S2. The van der Waals surface area contributed by atoms with Gasteiger partial charge in [0.15, 0.2) is 0 Å². The molecule has 0 bridgehead atoms. The number of amidine groups is 1. The number of urea groups is 1. The Balaban J connectivity index is 4.96. The molecule has 0 aliphatic rings. The molecule has 0 heterocycles. The van der Waals surface area contributed by atoms with Gasteiger partial charge in [-0.3, -0.25) is 5.41 Å². The molecule has 0 aromatic carbocycles. The molecule has 21 heavy (non-hydrogen) atoms. The highest BCUT2D eigenvalue weighted by Gasteiger charge is 2.27. The number of rotatable bonds is 8. The van der Waals surface area contributed by atoms with Gasteiger partial charge in [-0.15, -0.1) is 0 Å². The van der Waals surface area contributed by atoms with E-state index in [1.54, 1.807) is 3.71 Å². The summed E-state index contributed by atoms with van der Waals surface area (Å²) in [6.45, 7) is 13.1. The van der Waals surface area contributed by atoms with Gasteiger partial charge in [0.25, 0.3) is 6.02 Å². The summed E-state index contributed by atoms with van der Waals surface area (Å²) in [4.78, 5) is 14.1. The summed E-state index contributed by atoms with van der Waals surface area (Å²) in [5.74, 6) is 0. The first kappa shape index (κ1) is 20.4. The van der Waals surface area contributed by atoms with Crippen LogP contribution in [0.3, 0.4) is 0 Å². The van der Waals surface area contributed by atoms with Crippen molar-refractivity contribution in [1.29, 1.82) is 5.41 Å². The van der Waals surface area contributed by atoms with Gasteiger partial charge in [0, 0.05) is 17.0 Å². The van der Waals surface area contributed by atoms with Gasteiger partial charge in [0.1, 0.15) is 0 Å². The van der Waals surface area contributed by atoms with Crippen LogP contribution in [0.4, 0.5) is 4.79 Å². The van der Waals surface area contributed by atoms with Crippen molar-refractivity contribution in [1.82, 2.24) is 8.61 Å². The van der Waals surface area contributed by atoms with Crippen molar-refractivity contribution >= 4 is 35.9 Å². The topological polar surface area (TPSA) is 56.6 Å². The Bertz CT molecular complexity index is 315. The Morgan fingerprint density at radius 1 is 1.10 bits per heavy atom. The van der Waals surface area contributed by atoms with Crippen LogP contribution >= 0.6 is 23.9 Å². The minimum absolute atomic E-state index is 0.0533. The number of hydrogen-bond acceptors (Lipinski definition) is 5. The molecule has 1 N–H and O–H groups in total. The minimum atomic E-state index is -0.185. The zero-order valence-electron chi connectivity index (χ0n) is 14.0. The summed E-state index contributed by atoms with van der Waals surface area (Å²) in [6, 6.07) is -0.238. The van der Waals surface area contributed by atoms with E-state index in [0.717, 1.165) is 12.8 Å². The molecule has 0 aliphatic carbocycles. The van der Waals surface area contributed by atoms with Crippen LogP contribution in [0.2, 0.25) is 0 Å². The third-order valence-corrected chi connectivity index (χ3v) is 4.19. The minimum Gasteiger partial charge on any atom is -0.465 e. The number of hydrogen-bond donors (Lipinski definition) is 1. The van der Waals surface area contributed by atoms with E-state index in [1.807, 2.05) is 13.8 Å². The zero-order chi connectivity index (χ0) is 16.4. The van der Waals surface area contributed by atoms with Gasteiger partial charge >= 0.3 is 6.03 Å². The number of nitrogens with one attached hydrogen (secondary N) is 1. The van der Waals surface area contributed by atoms with E-state index in [0.29, 0.717) is 23.7 Å². The molecule has 7 heteroatoms. The first-order chi connectivity index (χ1) is 9.83. The maximum atomic E-state index is 12.7. The van der Waals surface area contributed by atoms with E-state index >= 15 is 0 Å². The van der Waals surface area contributed by atoms with E-state index in [2.05, 4.69) is 27.7 Å². The molecule has 0 aromatic heterocycles. The van der Waals surface area contributed by atoms with Crippen LogP contribution in [0, 0.1) is 5.41 Å². The fourth-order valence-corrected chi connectivity index (χ4v) is 3.76. The first-order valence-electron chi connectivity index (χ1n) is 7.49. The summed E-state index contributed by atoms with van der Waals surface area (Å²) in [6.07, 6.45) is 1.61. The molecule has 0 spiro atoms. The van der Waals surface area contributed by atoms with E-state index in [9.17, 15) is 4.79 Å². The van der Waals surface area contributed by atoms with Crippen LogP contribution in [0.5, 0.6) is 0 Å². The second-order valence-electron chi connectivity index (χ2n) is 5.15. The Labute approximate surface area is 137 Å². The number of carbonyl (C=O) groups excluding carboxylic acids is 1. The van der Waals surface area contributed by atoms with E-state index in [1.165, 1.54) is 28.8 Å². The highest BCUT2D eigenvalue weighted by molar-refractivity contribution is 8.13. The zero-order valence-corrected chi connectivity index (χ0v) is 15.6.